The van der Waals surface area contributed by atoms with Crippen LogP contribution in [0.2, 0.25) is 0 Å². The first-order valence-electron chi connectivity index (χ1n) is 8.96. The fourth-order valence-corrected chi connectivity index (χ4v) is 2.84. The molecule has 0 aliphatic carbocycles. The van der Waals surface area contributed by atoms with E-state index in [-0.39, 0.29) is 18.0 Å². The number of hydrogen-bond donors (Lipinski definition) is 2. The van der Waals surface area contributed by atoms with Gasteiger partial charge in [-0.15, -0.1) is 11.6 Å². The summed E-state index contributed by atoms with van der Waals surface area (Å²) in [6.45, 7) is 7.82. The third-order valence-electron chi connectivity index (χ3n) is 4.01. The molecule has 1 atom stereocenters. The van der Waals surface area contributed by atoms with Crippen molar-refractivity contribution in [1.29, 1.82) is 0 Å². The first-order chi connectivity index (χ1) is 12.3. The molecule has 1 aromatic carbocycles. The van der Waals surface area contributed by atoms with E-state index in [0.717, 1.165) is 37.2 Å². The molecule has 26 heavy (non-hydrogen) atoms. The van der Waals surface area contributed by atoms with Gasteiger partial charge in [-0.25, -0.2) is 9.79 Å². The normalized spacial score (nSPS) is 18.7. The number of piperidine rings is 1. The molecule has 3 N–H and O–H groups in total. The van der Waals surface area contributed by atoms with E-state index >= 15 is 0 Å². The van der Waals surface area contributed by atoms with Crippen LogP contribution in [0.4, 0.5) is 10.5 Å². The lowest BCUT2D eigenvalue weighted by Gasteiger charge is -2.34. The van der Waals surface area contributed by atoms with E-state index in [1.54, 1.807) is 4.90 Å². The van der Waals surface area contributed by atoms with Crippen LogP contribution in [0.3, 0.4) is 0 Å². The number of rotatable bonds is 5. The van der Waals surface area contributed by atoms with Gasteiger partial charge in [0.2, 0.25) is 0 Å². The lowest BCUT2D eigenvalue weighted by atomic mass is 10.1. The van der Waals surface area contributed by atoms with Crippen LogP contribution >= 0.6 is 11.6 Å². The second-order valence-corrected chi connectivity index (χ2v) is 7.82. The Morgan fingerprint density at radius 3 is 2.69 bits per heavy atom. The van der Waals surface area contributed by atoms with Gasteiger partial charge in [-0.2, -0.15) is 0 Å². The Balaban J connectivity index is 1.84. The van der Waals surface area contributed by atoms with Crippen LogP contribution in [0.25, 0.3) is 0 Å². The minimum absolute atomic E-state index is 0.221. The number of aliphatic imine (C=N–C) groups is 1. The molecule has 1 fully saturated rings. The van der Waals surface area contributed by atoms with Gasteiger partial charge in [-0.1, -0.05) is 12.1 Å². The summed E-state index contributed by atoms with van der Waals surface area (Å²) in [5, 5.41) is 3.53. The highest BCUT2D eigenvalue weighted by Gasteiger charge is 2.27. The molecule has 0 bridgehead atoms. The van der Waals surface area contributed by atoms with Gasteiger partial charge < -0.3 is 20.7 Å². The summed E-state index contributed by atoms with van der Waals surface area (Å²) in [7, 11) is 0. The standard InChI is InChI=1S/C19H29ClN4O2/c1-19(2,3)26-18(25)24-10-4-5-16(13-24)22-12-14-6-8-15(9-7-14)23-17(21)11-20/h6-9,16,22H,4-5,10-13H2,1-3H3,(H2,21,23). The first-order valence-corrected chi connectivity index (χ1v) is 9.49. The largest absolute Gasteiger partial charge is 0.444 e. The molecule has 1 amide bonds. The molecule has 2 rings (SSSR count). The number of nitrogens with zero attached hydrogens (tertiary/aromatic N) is 2. The third kappa shape index (κ3) is 6.84. The van der Waals surface area contributed by atoms with Crippen molar-refractivity contribution in [3.63, 3.8) is 0 Å². The van der Waals surface area contributed by atoms with Crippen LogP contribution in [0.15, 0.2) is 29.3 Å². The summed E-state index contributed by atoms with van der Waals surface area (Å²) >= 11 is 5.64. The van der Waals surface area contributed by atoms with E-state index in [9.17, 15) is 4.79 Å². The molecule has 7 heteroatoms. The summed E-state index contributed by atoms with van der Waals surface area (Å²) < 4.78 is 5.47. The first kappa shape index (κ1) is 20.5. The van der Waals surface area contributed by atoms with E-state index in [4.69, 9.17) is 22.1 Å². The molecular weight excluding hydrogens is 352 g/mol. The Morgan fingerprint density at radius 2 is 2.08 bits per heavy atom. The number of ether oxygens (including phenoxy) is 1. The van der Waals surface area contributed by atoms with E-state index in [1.807, 2.05) is 45.0 Å². The molecule has 144 valence electrons. The molecule has 6 nitrogen and oxygen atoms in total. The maximum atomic E-state index is 12.2. The van der Waals surface area contributed by atoms with Crippen molar-refractivity contribution in [2.75, 3.05) is 19.0 Å². The zero-order valence-electron chi connectivity index (χ0n) is 15.8. The van der Waals surface area contributed by atoms with Gasteiger partial charge in [-0.3, -0.25) is 0 Å². The van der Waals surface area contributed by atoms with Crippen molar-refractivity contribution in [2.24, 2.45) is 10.7 Å². The summed E-state index contributed by atoms with van der Waals surface area (Å²) in [6.07, 6.45) is 1.79. The van der Waals surface area contributed by atoms with Crippen molar-refractivity contribution in [2.45, 2.75) is 51.8 Å². The number of nitrogens with one attached hydrogen (secondary N) is 1. The van der Waals surface area contributed by atoms with Gasteiger partial charge in [0, 0.05) is 25.7 Å². The van der Waals surface area contributed by atoms with Crippen molar-refractivity contribution in [3.05, 3.63) is 29.8 Å². The number of carbonyl (C=O) groups excluding carboxylic acids is 1. The smallest absolute Gasteiger partial charge is 0.410 e. The Morgan fingerprint density at radius 1 is 1.38 bits per heavy atom. The van der Waals surface area contributed by atoms with E-state index in [1.165, 1.54) is 0 Å². The minimum atomic E-state index is -0.464. The summed E-state index contributed by atoms with van der Waals surface area (Å²) in [4.78, 5) is 18.2. The number of halogens is 1. The molecule has 1 aliphatic rings. The van der Waals surface area contributed by atoms with Gasteiger partial charge in [0.1, 0.15) is 11.4 Å². The average molecular weight is 381 g/mol. The predicted molar refractivity (Wildman–Crippen MR) is 106 cm³/mol. The predicted octanol–water partition coefficient (Wildman–Crippen LogP) is 3.40. The van der Waals surface area contributed by atoms with Gasteiger partial charge in [0.05, 0.1) is 11.6 Å². The van der Waals surface area contributed by atoms with Gasteiger partial charge >= 0.3 is 6.09 Å². The second kappa shape index (κ2) is 9.24. The summed E-state index contributed by atoms with van der Waals surface area (Å²) in [5.74, 6) is 0.626. The lowest BCUT2D eigenvalue weighted by Crippen LogP contribution is -2.49. The monoisotopic (exact) mass is 380 g/mol. The topological polar surface area (TPSA) is 80.0 Å². The maximum absolute atomic E-state index is 12.2. The van der Waals surface area contributed by atoms with Gasteiger partial charge in [-0.05, 0) is 51.3 Å². The molecule has 1 saturated heterocycles. The molecule has 1 aliphatic heterocycles. The Labute approximate surface area is 160 Å². The second-order valence-electron chi connectivity index (χ2n) is 7.55. The van der Waals surface area contributed by atoms with Crippen molar-refractivity contribution < 1.29 is 9.53 Å². The number of hydrogen-bond acceptors (Lipinski definition) is 4. The van der Waals surface area contributed by atoms with Crippen LogP contribution in [0.1, 0.15) is 39.2 Å². The Kier molecular flexibility index (Phi) is 7.29. The molecule has 1 unspecified atom stereocenters. The number of nitrogens with two attached hydrogens (primary N) is 1. The number of alkyl halides is 1. The number of likely N-dealkylation sites (tertiary alicyclic amines) is 1. The zero-order chi connectivity index (χ0) is 19.2. The van der Waals surface area contributed by atoms with Crippen molar-refractivity contribution >= 4 is 29.2 Å². The fourth-order valence-electron chi connectivity index (χ4n) is 2.78. The van der Waals surface area contributed by atoms with Crippen LogP contribution in [-0.4, -0.2) is 47.4 Å². The number of benzene rings is 1. The Hall–Kier alpha value is -1.79. The molecule has 0 radical (unpaired) electrons. The summed E-state index contributed by atoms with van der Waals surface area (Å²) in [6, 6.07) is 8.14. The minimum Gasteiger partial charge on any atom is -0.444 e. The highest BCUT2D eigenvalue weighted by molar-refractivity contribution is 6.28. The van der Waals surface area contributed by atoms with Gasteiger partial charge in [0.25, 0.3) is 0 Å². The number of amidine groups is 1. The van der Waals surface area contributed by atoms with Crippen molar-refractivity contribution in [3.8, 4) is 0 Å². The fraction of sp³-hybridized carbons (Fsp3) is 0.579. The molecule has 0 aromatic heterocycles. The number of carbonyl (C=O) groups is 1. The molecule has 1 heterocycles. The SMILES string of the molecule is CC(C)(C)OC(=O)N1CCCC(NCc2ccc(N=C(N)CCl)cc2)C1. The van der Waals surface area contributed by atoms with E-state index < -0.39 is 5.60 Å². The zero-order valence-corrected chi connectivity index (χ0v) is 16.6. The maximum Gasteiger partial charge on any atom is 0.410 e. The van der Waals surface area contributed by atoms with E-state index in [2.05, 4.69) is 10.3 Å². The van der Waals surface area contributed by atoms with Crippen molar-refractivity contribution in [1.82, 2.24) is 10.2 Å². The van der Waals surface area contributed by atoms with E-state index in [0.29, 0.717) is 12.4 Å². The van der Waals surface area contributed by atoms with Crippen LogP contribution in [-0.2, 0) is 11.3 Å². The van der Waals surface area contributed by atoms with Crippen LogP contribution < -0.4 is 11.1 Å². The lowest BCUT2D eigenvalue weighted by molar-refractivity contribution is 0.0187. The number of amides is 1. The van der Waals surface area contributed by atoms with Crippen LogP contribution in [0.5, 0.6) is 0 Å². The highest BCUT2D eigenvalue weighted by atomic mass is 35.5. The third-order valence-corrected chi connectivity index (χ3v) is 4.29. The quantitative estimate of drug-likeness (QED) is 0.466. The molecule has 0 saturated carbocycles. The summed E-state index contributed by atoms with van der Waals surface area (Å²) in [5.41, 5.74) is 7.12. The van der Waals surface area contributed by atoms with Crippen LogP contribution in [0, 0.1) is 0 Å². The van der Waals surface area contributed by atoms with Gasteiger partial charge in [0.15, 0.2) is 0 Å². The molecule has 0 spiro atoms. The molecule has 1 aromatic rings. The molecular formula is C19H29ClN4O2. The Bertz CT molecular complexity index is 625. The average Bonchev–Trinajstić information content (AvgIpc) is 2.60. The highest BCUT2D eigenvalue weighted by Crippen LogP contribution is 2.17.